The SMILES string of the molecule is Cc1cc(N)c(S(=O)(=O)NC2CC(=O)N(C)C2=O)cc1C. The molecular formula is C13H17N3O4S. The third-order valence-electron chi connectivity index (χ3n) is 3.59. The number of imide groups is 1. The number of nitrogen functional groups attached to an aromatic ring is 1. The van der Waals surface area contributed by atoms with Crippen molar-refractivity contribution in [2.24, 2.45) is 0 Å². The predicted molar refractivity (Wildman–Crippen MR) is 76.8 cm³/mol. The van der Waals surface area contributed by atoms with Crippen molar-refractivity contribution in [3.63, 3.8) is 0 Å². The topological polar surface area (TPSA) is 110 Å². The molecule has 1 aromatic rings. The van der Waals surface area contributed by atoms with Crippen LogP contribution in [0.3, 0.4) is 0 Å². The highest BCUT2D eigenvalue weighted by atomic mass is 32.2. The fraction of sp³-hybridized carbons (Fsp3) is 0.385. The lowest BCUT2D eigenvalue weighted by Crippen LogP contribution is -2.40. The number of hydrogen-bond acceptors (Lipinski definition) is 5. The lowest BCUT2D eigenvalue weighted by atomic mass is 10.1. The Balaban J connectivity index is 2.34. The van der Waals surface area contributed by atoms with Gasteiger partial charge in [-0.1, -0.05) is 0 Å². The van der Waals surface area contributed by atoms with E-state index < -0.39 is 27.9 Å². The molecule has 7 nitrogen and oxygen atoms in total. The van der Waals surface area contributed by atoms with E-state index in [1.54, 1.807) is 13.0 Å². The highest BCUT2D eigenvalue weighted by Crippen LogP contribution is 2.24. The van der Waals surface area contributed by atoms with Crippen LogP contribution in [0.5, 0.6) is 0 Å². The average molecular weight is 311 g/mol. The van der Waals surface area contributed by atoms with E-state index in [2.05, 4.69) is 4.72 Å². The lowest BCUT2D eigenvalue weighted by Gasteiger charge is -2.14. The van der Waals surface area contributed by atoms with Crippen molar-refractivity contribution < 1.29 is 18.0 Å². The van der Waals surface area contributed by atoms with Crippen LogP contribution in [0, 0.1) is 13.8 Å². The zero-order chi connectivity index (χ0) is 15.9. The zero-order valence-corrected chi connectivity index (χ0v) is 12.8. The van der Waals surface area contributed by atoms with Crippen molar-refractivity contribution >= 4 is 27.5 Å². The van der Waals surface area contributed by atoms with Crippen molar-refractivity contribution in [3.8, 4) is 0 Å². The molecule has 1 unspecified atom stereocenters. The third kappa shape index (κ3) is 2.77. The molecular weight excluding hydrogens is 294 g/mol. The first-order valence-corrected chi connectivity index (χ1v) is 7.81. The Hall–Kier alpha value is -1.93. The predicted octanol–water partition coefficient (Wildman–Crippen LogP) is -0.0788. The summed E-state index contributed by atoms with van der Waals surface area (Å²) in [6, 6.07) is 1.95. The van der Waals surface area contributed by atoms with E-state index >= 15 is 0 Å². The quantitative estimate of drug-likeness (QED) is 0.599. The van der Waals surface area contributed by atoms with Gasteiger partial charge in [0.05, 0.1) is 12.1 Å². The van der Waals surface area contributed by atoms with E-state index in [9.17, 15) is 18.0 Å². The second-order valence-corrected chi connectivity index (χ2v) is 6.83. The summed E-state index contributed by atoms with van der Waals surface area (Å²) in [5.74, 6) is -0.980. The van der Waals surface area contributed by atoms with Gasteiger partial charge in [-0.25, -0.2) is 8.42 Å². The molecule has 3 N–H and O–H groups in total. The number of nitrogens with zero attached hydrogens (tertiary/aromatic N) is 1. The highest BCUT2D eigenvalue weighted by Gasteiger charge is 2.39. The van der Waals surface area contributed by atoms with Crippen molar-refractivity contribution in [1.82, 2.24) is 9.62 Å². The molecule has 1 aliphatic rings. The van der Waals surface area contributed by atoms with E-state index in [0.717, 1.165) is 16.0 Å². The maximum Gasteiger partial charge on any atom is 0.247 e. The van der Waals surface area contributed by atoms with Crippen LogP contribution in [0.4, 0.5) is 5.69 Å². The Kier molecular flexibility index (Phi) is 3.77. The second kappa shape index (κ2) is 5.12. The first-order chi connectivity index (χ1) is 9.63. The largest absolute Gasteiger partial charge is 0.398 e. The van der Waals surface area contributed by atoms with Crippen molar-refractivity contribution in [3.05, 3.63) is 23.3 Å². The molecule has 0 spiro atoms. The number of amides is 2. The average Bonchev–Trinajstić information content (AvgIpc) is 2.61. The monoisotopic (exact) mass is 311 g/mol. The Labute approximate surface area is 123 Å². The number of anilines is 1. The highest BCUT2D eigenvalue weighted by molar-refractivity contribution is 7.89. The summed E-state index contributed by atoms with van der Waals surface area (Å²) >= 11 is 0. The number of aryl methyl sites for hydroxylation is 2. The molecule has 1 aliphatic heterocycles. The number of nitrogens with two attached hydrogens (primary N) is 1. The first-order valence-electron chi connectivity index (χ1n) is 6.33. The van der Waals surface area contributed by atoms with E-state index in [1.165, 1.54) is 13.1 Å². The number of nitrogens with one attached hydrogen (secondary N) is 1. The number of likely N-dealkylation sites (tertiary alicyclic amines) is 1. The Morgan fingerprint density at radius 3 is 2.33 bits per heavy atom. The summed E-state index contributed by atoms with van der Waals surface area (Å²) in [6.45, 7) is 3.59. The minimum atomic E-state index is -3.97. The van der Waals surface area contributed by atoms with Crippen LogP contribution in [0.1, 0.15) is 17.5 Å². The molecule has 2 rings (SSSR count). The summed E-state index contributed by atoms with van der Waals surface area (Å²) in [7, 11) is -2.65. The van der Waals surface area contributed by atoms with Gasteiger partial charge in [0.25, 0.3) is 0 Å². The molecule has 1 aromatic carbocycles. The molecule has 1 atom stereocenters. The lowest BCUT2D eigenvalue weighted by molar-refractivity contribution is -0.137. The van der Waals surface area contributed by atoms with Gasteiger partial charge in [0.1, 0.15) is 10.9 Å². The first kappa shape index (κ1) is 15.5. The fourth-order valence-electron chi connectivity index (χ4n) is 2.14. The molecule has 1 saturated heterocycles. The molecule has 0 saturated carbocycles. The number of hydrogen-bond donors (Lipinski definition) is 2. The number of benzene rings is 1. The van der Waals surface area contributed by atoms with Gasteiger partial charge in [0, 0.05) is 7.05 Å². The summed E-state index contributed by atoms with van der Waals surface area (Å²) < 4.78 is 27.0. The Bertz CT molecular complexity index is 727. The van der Waals surface area contributed by atoms with Gasteiger partial charge in [-0.2, -0.15) is 4.72 Å². The molecule has 0 aromatic heterocycles. The zero-order valence-electron chi connectivity index (χ0n) is 12.0. The molecule has 0 radical (unpaired) electrons. The maximum atomic E-state index is 12.4. The minimum absolute atomic E-state index is 0.0830. The Morgan fingerprint density at radius 1 is 1.24 bits per heavy atom. The minimum Gasteiger partial charge on any atom is -0.398 e. The van der Waals surface area contributed by atoms with Crippen LogP contribution in [0.15, 0.2) is 17.0 Å². The van der Waals surface area contributed by atoms with Gasteiger partial charge in [0.15, 0.2) is 0 Å². The van der Waals surface area contributed by atoms with E-state index in [0.29, 0.717) is 0 Å². The van der Waals surface area contributed by atoms with Gasteiger partial charge in [-0.15, -0.1) is 0 Å². The normalized spacial score (nSPS) is 19.4. The molecule has 8 heteroatoms. The van der Waals surface area contributed by atoms with Crippen molar-refractivity contribution in [2.75, 3.05) is 12.8 Å². The van der Waals surface area contributed by atoms with E-state index in [-0.39, 0.29) is 17.0 Å². The summed E-state index contributed by atoms with van der Waals surface area (Å²) in [5, 5.41) is 0. The molecule has 1 heterocycles. The van der Waals surface area contributed by atoms with Gasteiger partial charge in [-0.3, -0.25) is 14.5 Å². The van der Waals surface area contributed by atoms with Crippen LogP contribution in [0.2, 0.25) is 0 Å². The number of sulfonamides is 1. The van der Waals surface area contributed by atoms with Crippen molar-refractivity contribution in [2.45, 2.75) is 31.2 Å². The van der Waals surface area contributed by atoms with Crippen LogP contribution < -0.4 is 10.5 Å². The molecule has 1 fully saturated rings. The molecule has 21 heavy (non-hydrogen) atoms. The van der Waals surface area contributed by atoms with Crippen LogP contribution in [-0.2, 0) is 19.6 Å². The number of rotatable bonds is 3. The van der Waals surface area contributed by atoms with Gasteiger partial charge < -0.3 is 5.73 Å². The van der Waals surface area contributed by atoms with Crippen LogP contribution in [-0.4, -0.2) is 38.2 Å². The van der Waals surface area contributed by atoms with E-state index in [4.69, 9.17) is 5.73 Å². The molecule has 2 amide bonds. The van der Waals surface area contributed by atoms with Crippen molar-refractivity contribution in [1.29, 1.82) is 0 Å². The number of carbonyl (C=O) groups is 2. The second-order valence-electron chi connectivity index (χ2n) is 5.14. The number of carbonyl (C=O) groups excluding carboxylic acids is 2. The molecule has 114 valence electrons. The number of likely N-dealkylation sites (N-methyl/N-ethyl adjacent to an activating group) is 1. The molecule has 0 aliphatic carbocycles. The Morgan fingerprint density at radius 2 is 1.81 bits per heavy atom. The van der Waals surface area contributed by atoms with Crippen LogP contribution >= 0.6 is 0 Å². The van der Waals surface area contributed by atoms with Gasteiger partial charge >= 0.3 is 0 Å². The third-order valence-corrected chi connectivity index (χ3v) is 5.12. The van der Waals surface area contributed by atoms with Gasteiger partial charge in [-0.05, 0) is 37.1 Å². The smallest absolute Gasteiger partial charge is 0.247 e. The molecule has 0 bridgehead atoms. The summed E-state index contributed by atoms with van der Waals surface area (Å²) in [5.41, 5.74) is 7.51. The maximum absolute atomic E-state index is 12.4. The summed E-state index contributed by atoms with van der Waals surface area (Å²) in [6.07, 6.45) is -0.181. The van der Waals surface area contributed by atoms with E-state index in [1.807, 2.05) is 6.92 Å². The standard InChI is InChI=1S/C13H17N3O4S/c1-7-4-9(14)11(5-8(7)2)21(19,20)15-10-6-12(17)16(3)13(10)18/h4-5,10,15H,6,14H2,1-3H3. The fourth-order valence-corrected chi connectivity index (χ4v) is 3.53. The summed E-state index contributed by atoms with van der Waals surface area (Å²) in [4.78, 5) is 24.0. The van der Waals surface area contributed by atoms with Gasteiger partial charge in [0.2, 0.25) is 21.8 Å². The van der Waals surface area contributed by atoms with Crippen LogP contribution in [0.25, 0.3) is 0 Å².